The topological polar surface area (TPSA) is 0 Å². The van der Waals surface area contributed by atoms with Gasteiger partial charge in [-0.1, -0.05) is 88.9 Å². The molecule has 178 valence electrons. The quantitative estimate of drug-likeness (QED) is 0.0513. The molecule has 1 unspecified atom stereocenters. The Morgan fingerprint density at radius 3 is 1.74 bits per heavy atom. The number of benzene rings is 1. The molecule has 4 heteroatoms. The van der Waals surface area contributed by atoms with Crippen LogP contribution >= 0.6 is 34.2 Å². The molecule has 1 aromatic rings. The summed E-state index contributed by atoms with van der Waals surface area (Å²) in [6.07, 6.45) is 23.1. The fourth-order valence-corrected chi connectivity index (χ4v) is 5.64. The highest BCUT2D eigenvalue weighted by Gasteiger charge is 2.33. The maximum Gasteiger partial charge on any atom is 0.144 e. The van der Waals surface area contributed by atoms with Gasteiger partial charge in [0.15, 0.2) is 0 Å². The number of rotatable bonds is 18. The number of hydrogen-bond donors (Lipinski definition) is 0. The van der Waals surface area contributed by atoms with E-state index in [1.54, 1.807) is 0 Å². The molecule has 31 heavy (non-hydrogen) atoms. The molecule has 0 fully saturated rings. The molecule has 0 aliphatic carbocycles. The monoisotopic (exact) mass is 579 g/mol. The number of alkyl halides is 1. The van der Waals surface area contributed by atoms with Crippen molar-refractivity contribution in [2.24, 2.45) is 0 Å². The summed E-state index contributed by atoms with van der Waals surface area (Å²) < 4.78 is 1.58. The van der Waals surface area contributed by atoms with Crippen molar-refractivity contribution in [1.29, 1.82) is 0 Å². The van der Waals surface area contributed by atoms with Crippen LogP contribution in [0.25, 0.3) is 0 Å². The van der Waals surface area contributed by atoms with Crippen LogP contribution in [0.15, 0.2) is 24.3 Å². The maximum atomic E-state index is 6.10. The normalized spacial score (nSPS) is 12.2. The van der Waals surface area contributed by atoms with Gasteiger partial charge in [-0.3, -0.25) is 0 Å². The molecule has 1 rings (SSSR count). The van der Waals surface area contributed by atoms with Crippen molar-refractivity contribution in [2.45, 2.75) is 101 Å². The zero-order valence-electron chi connectivity index (χ0n) is 19.9. The van der Waals surface area contributed by atoms with Gasteiger partial charge >= 0.3 is 0 Å². The van der Waals surface area contributed by atoms with Gasteiger partial charge in [0, 0.05) is 11.4 Å². The second-order valence-electron chi connectivity index (χ2n) is 8.83. The molecule has 0 aromatic heterocycles. The summed E-state index contributed by atoms with van der Waals surface area (Å²) >= 11 is 8.78. The van der Waals surface area contributed by atoms with Gasteiger partial charge in [0.1, 0.15) is 10.6 Å². The Labute approximate surface area is 218 Å². The van der Waals surface area contributed by atoms with E-state index in [1.165, 1.54) is 95.7 Å². The van der Waals surface area contributed by atoms with Gasteiger partial charge in [-0.25, -0.2) is 0 Å². The number of unbranched alkanes of at least 4 members (excludes halogenated alkanes) is 10. The SMILES string of the molecule is C#CC[N+](CCCCCCCC)(CCCCCCCC)C(I)Cc1ccc(Cl)cc1.[Cl-]. The summed E-state index contributed by atoms with van der Waals surface area (Å²) in [5.74, 6) is 3.05. The van der Waals surface area contributed by atoms with Crippen LogP contribution < -0.4 is 12.4 Å². The lowest BCUT2D eigenvalue weighted by atomic mass is 10.1. The largest absolute Gasteiger partial charge is 1.00 e. The molecule has 1 atom stereocenters. The third kappa shape index (κ3) is 13.4. The van der Waals surface area contributed by atoms with Gasteiger partial charge in [0.2, 0.25) is 0 Å². The lowest BCUT2D eigenvalue weighted by Gasteiger charge is -2.42. The van der Waals surface area contributed by atoms with Crippen LogP contribution in [0.4, 0.5) is 0 Å². The minimum Gasteiger partial charge on any atom is -1.00 e. The Kier molecular flexibility index (Phi) is 19.5. The first-order chi connectivity index (χ1) is 14.6. The fourth-order valence-electron chi connectivity index (χ4n) is 4.25. The summed E-state index contributed by atoms with van der Waals surface area (Å²) in [6, 6.07) is 8.37. The molecular formula is C27H44Cl2IN. The van der Waals surface area contributed by atoms with E-state index in [1.807, 2.05) is 12.1 Å². The minimum absolute atomic E-state index is 0. The first-order valence-corrected chi connectivity index (χ1v) is 13.9. The minimum atomic E-state index is 0. The predicted octanol–water partition coefficient (Wildman–Crippen LogP) is 5.82. The molecule has 0 N–H and O–H groups in total. The number of hydrogen-bond acceptors (Lipinski definition) is 0. The maximum absolute atomic E-state index is 6.10. The van der Waals surface area contributed by atoms with E-state index in [4.69, 9.17) is 18.0 Å². The van der Waals surface area contributed by atoms with Crippen LogP contribution in [0.3, 0.4) is 0 Å². The molecule has 1 aromatic carbocycles. The summed E-state index contributed by atoms with van der Waals surface area (Å²) in [5, 5.41) is 0.812. The van der Waals surface area contributed by atoms with Crippen molar-refractivity contribution in [3.8, 4) is 12.3 Å². The summed E-state index contributed by atoms with van der Waals surface area (Å²) in [4.78, 5) is 0. The number of terminal acetylenes is 1. The van der Waals surface area contributed by atoms with Crippen molar-refractivity contribution >= 4 is 34.2 Å². The van der Waals surface area contributed by atoms with E-state index in [9.17, 15) is 0 Å². The first-order valence-electron chi connectivity index (χ1n) is 12.3. The van der Waals surface area contributed by atoms with E-state index >= 15 is 0 Å². The lowest BCUT2D eigenvalue weighted by Crippen LogP contribution is -3.00. The van der Waals surface area contributed by atoms with Gasteiger partial charge in [-0.15, -0.1) is 6.42 Å². The van der Waals surface area contributed by atoms with Crippen LogP contribution in [0.2, 0.25) is 5.02 Å². The summed E-state index contributed by atoms with van der Waals surface area (Å²) in [7, 11) is 0. The van der Waals surface area contributed by atoms with Crippen LogP contribution in [0.1, 0.15) is 96.5 Å². The van der Waals surface area contributed by atoms with Gasteiger partial charge in [0.05, 0.1) is 13.1 Å². The van der Waals surface area contributed by atoms with Gasteiger partial charge in [0.25, 0.3) is 0 Å². The first kappa shape index (κ1) is 31.0. The second kappa shape index (κ2) is 19.5. The molecule has 0 aliphatic rings. The Balaban J connectivity index is 0.00000900. The van der Waals surface area contributed by atoms with E-state index in [2.05, 4.69) is 54.5 Å². The third-order valence-electron chi connectivity index (χ3n) is 6.23. The van der Waals surface area contributed by atoms with E-state index < -0.39 is 0 Å². The second-order valence-corrected chi connectivity index (χ2v) is 10.7. The van der Waals surface area contributed by atoms with E-state index in [0.717, 1.165) is 22.5 Å². The highest BCUT2D eigenvalue weighted by Crippen LogP contribution is 2.27. The molecular weight excluding hydrogens is 536 g/mol. The zero-order chi connectivity index (χ0) is 22.1. The molecule has 0 spiro atoms. The zero-order valence-corrected chi connectivity index (χ0v) is 23.5. The number of quaternary nitrogens is 1. The number of nitrogens with zero attached hydrogens (tertiary/aromatic N) is 1. The smallest absolute Gasteiger partial charge is 0.144 e. The summed E-state index contributed by atoms with van der Waals surface area (Å²) in [5.41, 5.74) is 1.37. The van der Waals surface area contributed by atoms with Crippen LogP contribution in [-0.2, 0) is 6.42 Å². The van der Waals surface area contributed by atoms with Crippen molar-refractivity contribution in [2.75, 3.05) is 19.6 Å². The lowest BCUT2D eigenvalue weighted by molar-refractivity contribution is -0.927. The van der Waals surface area contributed by atoms with Gasteiger partial charge < -0.3 is 16.9 Å². The van der Waals surface area contributed by atoms with Crippen molar-refractivity contribution in [3.05, 3.63) is 34.9 Å². The van der Waals surface area contributed by atoms with Crippen LogP contribution in [-0.4, -0.2) is 28.2 Å². The molecule has 0 heterocycles. The molecule has 1 nitrogen and oxygen atoms in total. The van der Waals surface area contributed by atoms with Crippen molar-refractivity contribution in [3.63, 3.8) is 0 Å². The highest BCUT2D eigenvalue weighted by molar-refractivity contribution is 14.1. The van der Waals surface area contributed by atoms with E-state index in [-0.39, 0.29) is 12.4 Å². The molecule has 0 radical (unpaired) electrons. The van der Waals surface area contributed by atoms with Crippen molar-refractivity contribution in [1.82, 2.24) is 0 Å². The molecule has 0 saturated carbocycles. The van der Waals surface area contributed by atoms with Gasteiger partial charge in [-0.05, 0) is 71.9 Å². The predicted molar refractivity (Wildman–Crippen MR) is 143 cm³/mol. The Hall–Kier alpha value is 0.0500. The Morgan fingerprint density at radius 1 is 0.839 bits per heavy atom. The molecule has 0 amide bonds. The molecule has 0 saturated heterocycles. The Bertz CT molecular complexity index is 566. The van der Waals surface area contributed by atoms with Crippen LogP contribution in [0, 0.1) is 12.3 Å². The van der Waals surface area contributed by atoms with E-state index in [0.29, 0.717) is 4.05 Å². The standard InChI is InChI=1S/C27H44ClIN.ClH/c1-4-7-9-11-13-15-22-30(21-6-3,23-16-14-12-10-8-5-2)27(29)24-25-17-19-26(28)20-18-25;/h3,17-20,27H,4-5,7-16,21-24H2,1-2H3;1H/q+1;/p-1. The molecule has 0 bridgehead atoms. The van der Waals surface area contributed by atoms with Crippen molar-refractivity contribution < 1.29 is 16.9 Å². The Morgan fingerprint density at radius 2 is 1.29 bits per heavy atom. The average Bonchev–Trinajstić information content (AvgIpc) is 2.74. The number of halogens is 3. The third-order valence-corrected chi connectivity index (χ3v) is 8.11. The highest BCUT2D eigenvalue weighted by atomic mass is 127. The summed E-state index contributed by atoms with van der Waals surface area (Å²) in [6.45, 7) is 7.85. The van der Waals surface area contributed by atoms with Gasteiger partial charge in [-0.2, -0.15) is 0 Å². The fraction of sp³-hybridized carbons (Fsp3) is 0.704. The van der Waals surface area contributed by atoms with Crippen LogP contribution in [0.5, 0.6) is 0 Å². The molecule has 0 aliphatic heterocycles. The average molecular weight is 580 g/mol.